The highest BCUT2D eigenvalue weighted by molar-refractivity contribution is 5.76. The number of carbonyl (C=O) groups excluding carboxylic acids is 1. The average molecular weight is 278 g/mol. The zero-order chi connectivity index (χ0) is 14.8. The van der Waals surface area contributed by atoms with Crippen LogP contribution >= 0.6 is 0 Å². The lowest BCUT2D eigenvalue weighted by molar-refractivity contribution is -0.121. The first-order valence-corrected chi connectivity index (χ1v) is 7.37. The second kappa shape index (κ2) is 9.37. The van der Waals surface area contributed by atoms with Gasteiger partial charge in [-0.05, 0) is 42.9 Å². The molecule has 0 heterocycles. The molecule has 1 aromatic rings. The number of nitrogens with one attached hydrogen (secondary N) is 1. The van der Waals surface area contributed by atoms with E-state index in [2.05, 4.69) is 12.2 Å². The van der Waals surface area contributed by atoms with Crippen molar-refractivity contribution in [1.29, 1.82) is 0 Å². The van der Waals surface area contributed by atoms with Crippen molar-refractivity contribution < 1.29 is 9.90 Å². The Balaban J connectivity index is 2.29. The number of hydrogen-bond acceptors (Lipinski definition) is 3. The Morgan fingerprint density at radius 2 is 2.20 bits per heavy atom. The van der Waals surface area contributed by atoms with Crippen LogP contribution in [0.4, 0.5) is 5.69 Å². The van der Waals surface area contributed by atoms with Gasteiger partial charge in [0, 0.05) is 25.3 Å². The highest BCUT2D eigenvalue weighted by Crippen LogP contribution is 2.10. The Kier molecular flexibility index (Phi) is 7.73. The van der Waals surface area contributed by atoms with Crippen molar-refractivity contribution in [1.82, 2.24) is 5.32 Å². The van der Waals surface area contributed by atoms with Crippen molar-refractivity contribution >= 4 is 11.6 Å². The van der Waals surface area contributed by atoms with Gasteiger partial charge >= 0.3 is 0 Å². The normalized spacial score (nSPS) is 12.1. The van der Waals surface area contributed by atoms with Crippen LogP contribution in [0.1, 0.15) is 38.2 Å². The van der Waals surface area contributed by atoms with Gasteiger partial charge < -0.3 is 16.2 Å². The summed E-state index contributed by atoms with van der Waals surface area (Å²) in [5, 5.41) is 11.9. The van der Waals surface area contributed by atoms with Gasteiger partial charge in [-0.3, -0.25) is 4.79 Å². The predicted octanol–water partition coefficient (Wildman–Crippen LogP) is 2.12. The van der Waals surface area contributed by atoms with Gasteiger partial charge in [0.1, 0.15) is 0 Å². The molecule has 1 atom stereocenters. The molecule has 4 N–H and O–H groups in total. The third-order valence-corrected chi connectivity index (χ3v) is 3.41. The van der Waals surface area contributed by atoms with Crippen LogP contribution in [-0.4, -0.2) is 24.2 Å². The maximum Gasteiger partial charge on any atom is 0.220 e. The van der Waals surface area contributed by atoms with Gasteiger partial charge in [0.05, 0.1) is 0 Å². The molecule has 1 amide bonds. The number of nitrogen functional groups attached to an aromatic ring is 1. The number of aliphatic hydroxyl groups is 1. The lowest BCUT2D eigenvalue weighted by Gasteiger charge is -2.15. The summed E-state index contributed by atoms with van der Waals surface area (Å²) in [4.78, 5) is 11.8. The summed E-state index contributed by atoms with van der Waals surface area (Å²) >= 11 is 0. The van der Waals surface area contributed by atoms with Crippen LogP contribution in [0.25, 0.3) is 0 Å². The lowest BCUT2D eigenvalue weighted by atomic mass is 10.00. The summed E-state index contributed by atoms with van der Waals surface area (Å²) in [6, 6.07) is 7.63. The molecule has 4 nitrogen and oxygen atoms in total. The quantitative estimate of drug-likeness (QED) is 0.606. The van der Waals surface area contributed by atoms with E-state index in [0.717, 1.165) is 30.5 Å². The molecular formula is C16H26N2O2. The van der Waals surface area contributed by atoms with E-state index in [-0.39, 0.29) is 12.5 Å². The maximum absolute atomic E-state index is 11.8. The molecule has 0 aliphatic carbocycles. The second-order valence-corrected chi connectivity index (χ2v) is 5.22. The molecule has 0 saturated carbocycles. The van der Waals surface area contributed by atoms with Crippen molar-refractivity contribution in [3.8, 4) is 0 Å². The summed E-state index contributed by atoms with van der Waals surface area (Å²) in [5.41, 5.74) is 7.52. The minimum atomic E-state index is 0.0615. The molecule has 1 rings (SSSR count). The molecule has 0 bridgehead atoms. The van der Waals surface area contributed by atoms with Crippen LogP contribution in [0.2, 0.25) is 0 Å². The Morgan fingerprint density at radius 3 is 2.85 bits per heavy atom. The van der Waals surface area contributed by atoms with Crippen molar-refractivity contribution in [2.24, 2.45) is 5.92 Å². The average Bonchev–Trinajstić information content (AvgIpc) is 2.43. The summed E-state index contributed by atoms with van der Waals surface area (Å²) in [6.45, 7) is 2.96. The molecule has 0 aliphatic heterocycles. The molecule has 20 heavy (non-hydrogen) atoms. The zero-order valence-corrected chi connectivity index (χ0v) is 12.3. The summed E-state index contributed by atoms with van der Waals surface area (Å²) in [7, 11) is 0. The minimum Gasteiger partial charge on any atom is -0.399 e. The van der Waals surface area contributed by atoms with Gasteiger partial charge in [0.25, 0.3) is 0 Å². The molecule has 0 spiro atoms. The predicted molar refractivity (Wildman–Crippen MR) is 82.3 cm³/mol. The number of benzene rings is 1. The molecule has 0 fully saturated rings. The molecule has 4 heteroatoms. The van der Waals surface area contributed by atoms with E-state index < -0.39 is 0 Å². The van der Waals surface area contributed by atoms with Crippen molar-refractivity contribution in [3.63, 3.8) is 0 Å². The smallest absolute Gasteiger partial charge is 0.220 e. The number of nitrogens with two attached hydrogens (primary N) is 1. The summed E-state index contributed by atoms with van der Waals surface area (Å²) in [6.07, 6.45) is 4.04. The molecule has 0 aliphatic rings. The van der Waals surface area contributed by atoms with E-state index in [0.29, 0.717) is 25.3 Å². The SMILES string of the molecule is CCCC(CCO)CNC(=O)CCc1cccc(N)c1. The first-order chi connectivity index (χ1) is 9.65. The van der Waals surface area contributed by atoms with Crippen molar-refractivity contribution in [3.05, 3.63) is 29.8 Å². The first-order valence-electron chi connectivity index (χ1n) is 7.37. The van der Waals surface area contributed by atoms with Gasteiger partial charge in [-0.25, -0.2) is 0 Å². The van der Waals surface area contributed by atoms with Gasteiger partial charge in [-0.1, -0.05) is 25.5 Å². The number of hydrogen-bond donors (Lipinski definition) is 3. The third kappa shape index (κ3) is 6.57. The Morgan fingerprint density at radius 1 is 1.40 bits per heavy atom. The molecule has 112 valence electrons. The fourth-order valence-electron chi connectivity index (χ4n) is 2.29. The maximum atomic E-state index is 11.8. The fraction of sp³-hybridized carbons (Fsp3) is 0.562. The molecule has 0 radical (unpaired) electrons. The van der Waals surface area contributed by atoms with Gasteiger partial charge in [-0.15, -0.1) is 0 Å². The van der Waals surface area contributed by atoms with E-state index in [1.165, 1.54) is 0 Å². The zero-order valence-electron chi connectivity index (χ0n) is 12.3. The number of rotatable bonds is 9. The van der Waals surface area contributed by atoms with Crippen LogP contribution in [0.5, 0.6) is 0 Å². The first kappa shape index (κ1) is 16.5. The van der Waals surface area contributed by atoms with Crippen LogP contribution in [-0.2, 0) is 11.2 Å². The van der Waals surface area contributed by atoms with Crippen LogP contribution in [0.15, 0.2) is 24.3 Å². The minimum absolute atomic E-state index is 0.0615. The number of amides is 1. The van der Waals surface area contributed by atoms with Crippen LogP contribution in [0.3, 0.4) is 0 Å². The van der Waals surface area contributed by atoms with Crippen molar-refractivity contribution in [2.75, 3.05) is 18.9 Å². The van der Waals surface area contributed by atoms with E-state index in [1.54, 1.807) is 0 Å². The van der Waals surface area contributed by atoms with E-state index in [4.69, 9.17) is 10.8 Å². The fourth-order valence-corrected chi connectivity index (χ4v) is 2.29. The lowest BCUT2D eigenvalue weighted by Crippen LogP contribution is -2.29. The standard InChI is InChI=1S/C16H26N2O2/c1-2-4-14(9-10-19)12-18-16(20)8-7-13-5-3-6-15(17)11-13/h3,5-6,11,14,19H,2,4,7-10,12,17H2,1H3,(H,18,20). The number of anilines is 1. The van der Waals surface area contributed by atoms with E-state index in [9.17, 15) is 4.79 Å². The van der Waals surface area contributed by atoms with Crippen LogP contribution < -0.4 is 11.1 Å². The monoisotopic (exact) mass is 278 g/mol. The van der Waals surface area contributed by atoms with Gasteiger partial charge in [0.2, 0.25) is 5.91 Å². The Hall–Kier alpha value is -1.55. The van der Waals surface area contributed by atoms with Gasteiger partial charge in [-0.2, -0.15) is 0 Å². The number of carbonyl (C=O) groups is 1. The largest absolute Gasteiger partial charge is 0.399 e. The summed E-state index contributed by atoms with van der Waals surface area (Å²) < 4.78 is 0. The number of aliphatic hydroxyl groups excluding tert-OH is 1. The molecule has 1 unspecified atom stereocenters. The van der Waals surface area contributed by atoms with Gasteiger partial charge in [0.15, 0.2) is 0 Å². The number of aryl methyl sites for hydroxylation is 1. The van der Waals surface area contributed by atoms with E-state index in [1.807, 2.05) is 24.3 Å². The molecule has 1 aromatic carbocycles. The topological polar surface area (TPSA) is 75.3 Å². The van der Waals surface area contributed by atoms with Crippen LogP contribution in [0, 0.1) is 5.92 Å². The highest BCUT2D eigenvalue weighted by Gasteiger charge is 2.09. The second-order valence-electron chi connectivity index (χ2n) is 5.22. The Bertz CT molecular complexity index is 401. The molecular weight excluding hydrogens is 252 g/mol. The molecule has 0 saturated heterocycles. The van der Waals surface area contributed by atoms with Crippen molar-refractivity contribution in [2.45, 2.75) is 39.0 Å². The van der Waals surface area contributed by atoms with E-state index >= 15 is 0 Å². The molecule has 0 aromatic heterocycles. The highest BCUT2D eigenvalue weighted by atomic mass is 16.3. The summed E-state index contributed by atoms with van der Waals surface area (Å²) in [5.74, 6) is 0.438. The Labute approximate surface area is 121 Å². The third-order valence-electron chi connectivity index (χ3n) is 3.41.